The maximum atomic E-state index is 12.6. The SMILES string of the molecule is COc1ccc(N(CC(=O)N/N=C\c2cc(C)n(-c3cc(Cl)ccc3Cl)c2C)S(C)(=O)=O)cc1OC. The average molecular weight is 553 g/mol. The standard InChI is InChI=1S/C24H26Cl2N4O5S/c1-15-10-17(16(2)30(15)21-11-18(25)6-8-20(21)26)13-27-28-24(31)14-29(36(5,32)33)19-7-9-22(34-3)23(12-19)35-4/h6-13H,14H2,1-5H3,(H,28,31)/b27-13-. The Bertz CT molecular complexity index is 1420. The van der Waals surface area contributed by atoms with E-state index in [1.54, 1.807) is 24.3 Å². The van der Waals surface area contributed by atoms with Crippen molar-refractivity contribution in [2.24, 2.45) is 5.10 Å². The molecule has 1 aromatic heterocycles. The number of sulfonamides is 1. The van der Waals surface area contributed by atoms with E-state index in [1.165, 1.54) is 32.6 Å². The molecule has 0 fully saturated rings. The lowest BCUT2D eigenvalue weighted by Crippen LogP contribution is -2.39. The third-order valence-corrected chi connectivity index (χ3v) is 7.05. The van der Waals surface area contributed by atoms with Crippen LogP contribution < -0.4 is 19.2 Å². The third-order valence-electron chi connectivity index (χ3n) is 5.35. The van der Waals surface area contributed by atoms with E-state index in [4.69, 9.17) is 32.7 Å². The smallest absolute Gasteiger partial charge is 0.260 e. The molecule has 0 aliphatic carbocycles. The molecule has 1 N–H and O–H groups in total. The van der Waals surface area contributed by atoms with Crippen molar-refractivity contribution in [3.8, 4) is 17.2 Å². The van der Waals surface area contributed by atoms with E-state index >= 15 is 0 Å². The minimum Gasteiger partial charge on any atom is -0.493 e. The Hall–Kier alpha value is -3.21. The number of methoxy groups -OCH3 is 2. The summed E-state index contributed by atoms with van der Waals surface area (Å²) in [6.07, 6.45) is 2.49. The molecule has 192 valence electrons. The normalized spacial score (nSPS) is 11.5. The minimum absolute atomic E-state index is 0.247. The van der Waals surface area contributed by atoms with Crippen LogP contribution in [0.5, 0.6) is 11.5 Å². The van der Waals surface area contributed by atoms with Gasteiger partial charge >= 0.3 is 0 Å². The van der Waals surface area contributed by atoms with Crippen LogP contribution in [0.25, 0.3) is 5.69 Å². The summed E-state index contributed by atoms with van der Waals surface area (Å²) < 4.78 is 38.1. The van der Waals surface area contributed by atoms with Crippen LogP contribution in [0.4, 0.5) is 5.69 Å². The predicted molar refractivity (Wildman–Crippen MR) is 143 cm³/mol. The molecule has 3 aromatic rings. The van der Waals surface area contributed by atoms with Crippen LogP contribution in [0.2, 0.25) is 10.0 Å². The van der Waals surface area contributed by atoms with E-state index in [0.29, 0.717) is 21.5 Å². The summed E-state index contributed by atoms with van der Waals surface area (Å²) >= 11 is 12.5. The van der Waals surface area contributed by atoms with Gasteiger partial charge in [-0.05, 0) is 50.2 Å². The van der Waals surface area contributed by atoms with Gasteiger partial charge in [-0.25, -0.2) is 13.8 Å². The van der Waals surface area contributed by atoms with E-state index < -0.39 is 22.5 Å². The molecule has 0 unspecified atom stereocenters. The summed E-state index contributed by atoms with van der Waals surface area (Å²) in [7, 11) is -0.878. The number of anilines is 1. The number of benzene rings is 2. The summed E-state index contributed by atoms with van der Waals surface area (Å²) in [5.74, 6) is 0.135. The molecule has 0 bridgehead atoms. The maximum Gasteiger partial charge on any atom is 0.260 e. The molecular weight excluding hydrogens is 527 g/mol. The quantitative estimate of drug-likeness (QED) is 0.314. The zero-order valence-electron chi connectivity index (χ0n) is 20.4. The fourth-order valence-electron chi connectivity index (χ4n) is 3.67. The number of hydrazone groups is 1. The zero-order chi connectivity index (χ0) is 26.6. The molecule has 1 heterocycles. The van der Waals surface area contributed by atoms with Gasteiger partial charge < -0.3 is 14.0 Å². The summed E-state index contributed by atoms with van der Waals surface area (Å²) in [4.78, 5) is 12.6. The Morgan fingerprint density at radius 3 is 2.42 bits per heavy atom. The minimum atomic E-state index is -3.78. The fraction of sp³-hybridized carbons (Fsp3) is 0.250. The third kappa shape index (κ3) is 6.13. The molecule has 0 spiro atoms. The number of carbonyl (C=O) groups is 1. The largest absolute Gasteiger partial charge is 0.493 e. The first-order chi connectivity index (χ1) is 17.0. The highest BCUT2D eigenvalue weighted by Crippen LogP contribution is 2.32. The van der Waals surface area contributed by atoms with E-state index in [2.05, 4.69) is 10.5 Å². The van der Waals surface area contributed by atoms with E-state index in [-0.39, 0.29) is 5.69 Å². The molecular formula is C24H26Cl2N4O5S. The molecule has 0 radical (unpaired) electrons. The van der Waals surface area contributed by atoms with Crippen molar-refractivity contribution < 1.29 is 22.7 Å². The topological polar surface area (TPSA) is 102 Å². The monoisotopic (exact) mass is 552 g/mol. The molecule has 9 nitrogen and oxygen atoms in total. The van der Waals surface area contributed by atoms with Crippen LogP contribution in [-0.4, -0.2) is 52.1 Å². The Kier molecular flexibility index (Phi) is 8.55. The molecule has 0 aliphatic heterocycles. The van der Waals surface area contributed by atoms with Crippen molar-refractivity contribution in [1.82, 2.24) is 9.99 Å². The van der Waals surface area contributed by atoms with Crippen molar-refractivity contribution in [3.63, 3.8) is 0 Å². The van der Waals surface area contributed by atoms with E-state index in [1.807, 2.05) is 24.5 Å². The summed E-state index contributed by atoms with van der Waals surface area (Å²) in [6, 6.07) is 11.6. The van der Waals surface area contributed by atoms with Crippen LogP contribution >= 0.6 is 23.2 Å². The highest BCUT2D eigenvalue weighted by Gasteiger charge is 2.22. The molecule has 12 heteroatoms. The van der Waals surface area contributed by atoms with Crippen molar-refractivity contribution in [2.75, 3.05) is 31.3 Å². The number of nitrogens with zero attached hydrogens (tertiary/aromatic N) is 3. The van der Waals surface area contributed by atoms with E-state index in [0.717, 1.165) is 33.2 Å². The van der Waals surface area contributed by atoms with Gasteiger partial charge in [-0.1, -0.05) is 23.2 Å². The van der Waals surface area contributed by atoms with Crippen LogP contribution in [0, 0.1) is 13.8 Å². The van der Waals surface area contributed by atoms with E-state index in [9.17, 15) is 13.2 Å². The number of ether oxygens (including phenoxy) is 2. The molecule has 0 aliphatic rings. The maximum absolute atomic E-state index is 12.6. The average Bonchev–Trinajstić information content (AvgIpc) is 3.10. The Morgan fingerprint density at radius 2 is 1.78 bits per heavy atom. The second-order valence-corrected chi connectivity index (χ2v) is 10.6. The fourth-order valence-corrected chi connectivity index (χ4v) is 4.88. The first-order valence-electron chi connectivity index (χ1n) is 10.6. The van der Waals surface area contributed by atoms with Gasteiger partial charge in [0.1, 0.15) is 6.54 Å². The predicted octanol–water partition coefficient (Wildman–Crippen LogP) is 4.33. The number of nitrogens with one attached hydrogen (secondary N) is 1. The molecule has 0 saturated carbocycles. The Labute approximate surface area is 220 Å². The molecule has 3 rings (SSSR count). The number of carbonyl (C=O) groups excluding carboxylic acids is 1. The second-order valence-electron chi connectivity index (χ2n) is 7.86. The van der Waals surface area contributed by atoms with Gasteiger partial charge in [0, 0.05) is 28.0 Å². The first-order valence-corrected chi connectivity index (χ1v) is 13.2. The van der Waals surface area contributed by atoms with Crippen LogP contribution in [0.3, 0.4) is 0 Å². The molecule has 0 saturated heterocycles. The lowest BCUT2D eigenvalue weighted by atomic mass is 10.2. The Balaban J connectivity index is 1.79. The molecule has 1 amide bonds. The summed E-state index contributed by atoms with van der Waals surface area (Å²) in [5, 5.41) is 5.10. The van der Waals surface area contributed by atoms with Gasteiger partial charge in [0.05, 0.1) is 43.1 Å². The van der Waals surface area contributed by atoms with Crippen LogP contribution in [0.1, 0.15) is 17.0 Å². The highest BCUT2D eigenvalue weighted by molar-refractivity contribution is 7.92. The van der Waals surface area contributed by atoms with Gasteiger partial charge in [-0.15, -0.1) is 0 Å². The number of amides is 1. The number of aromatic nitrogens is 1. The number of hydrogen-bond acceptors (Lipinski definition) is 6. The van der Waals surface area contributed by atoms with Crippen molar-refractivity contribution >= 4 is 51.0 Å². The van der Waals surface area contributed by atoms with Crippen molar-refractivity contribution in [2.45, 2.75) is 13.8 Å². The van der Waals surface area contributed by atoms with Gasteiger partial charge in [-0.3, -0.25) is 9.10 Å². The number of halogens is 2. The highest BCUT2D eigenvalue weighted by atomic mass is 35.5. The number of aryl methyl sites for hydroxylation is 1. The summed E-state index contributed by atoms with van der Waals surface area (Å²) in [6.45, 7) is 3.31. The number of rotatable bonds is 9. The van der Waals surface area contributed by atoms with Crippen LogP contribution in [-0.2, 0) is 14.8 Å². The van der Waals surface area contributed by atoms with Gasteiger partial charge in [0.2, 0.25) is 10.0 Å². The lowest BCUT2D eigenvalue weighted by molar-refractivity contribution is -0.119. The second kappa shape index (κ2) is 11.2. The lowest BCUT2D eigenvalue weighted by Gasteiger charge is -2.22. The zero-order valence-corrected chi connectivity index (χ0v) is 22.7. The van der Waals surface area contributed by atoms with Gasteiger partial charge in [0.15, 0.2) is 11.5 Å². The van der Waals surface area contributed by atoms with Gasteiger partial charge in [0.25, 0.3) is 5.91 Å². The molecule has 0 atom stereocenters. The number of hydrogen-bond donors (Lipinski definition) is 1. The summed E-state index contributed by atoms with van der Waals surface area (Å²) in [5.41, 5.74) is 5.81. The van der Waals surface area contributed by atoms with Gasteiger partial charge in [-0.2, -0.15) is 5.10 Å². The van der Waals surface area contributed by atoms with Crippen molar-refractivity contribution in [3.05, 3.63) is 69.5 Å². The van der Waals surface area contributed by atoms with Crippen LogP contribution in [0.15, 0.2) is 47.6 Å². The molecule has 36 heavy (non-hydrogen) atoms. The first kappa shape index (κ1) is 27.4. The molecule has 2 aromatic carbocycles. The Morgan fingerprint density at radius 1 is 1.08 bits per heavy atom. The van der Waals surface area contributed by atoms with Crippen molar-refractivity contribution in [1.29, 1.82) is 0 Å².